The van der Waals surface area contributed by atoms with Crippen LogP contribution in [0.4, 0.5) is 0 Å². The van der Waals surface area contributed by atoms with E-state index in [0.717, 1.165) is 30.1 Å². The lowest BCUT2D eigenvalue weighted by molar-refractivity contribution is -0.124. The molecule has 0 aliphatic carbocycles. The van der Waals surface area contributed by atoms with Crippen molar-refractivity contribution in [2.45, 2.75) is 18.4 Å². The number of carbonyl (C=O) groups is 1. The van der Waals surface area contributed by atoms with E-state index in [0.29, 0.717) is 6.42 Å². The van der Waals surface area contributed by atoms with E-state index in [2.05, 4.69) is 5.32 Å². The first kappa shape index (κ1) is 17.0. The number of ether oxygens (including phenoxy) is 1. The second-order valence-corrected chi connectivity index (χ2v) is 5.82. The second-order valence-electron chi connectivity index (χ2n) is 4.59. The van der Waals surface area contributed by atoms with Crippen LogP contribution in [0.5, 0.6) is 0 Å². The van der Waals surface area contributed by atoms with Crippen molar-refractivity contribution in [2.24, 2.45) is 5.73 Å². The molecule has 0 aliphatic rings. The highest BCUT2D eigenvalue weighted by Crippen LogP contribution is 2.26. The zero-order chi connectivity index (χ0) is 14.8. The molecular weight excluding hydrogens is 272 g/mol. The molecule has 112 valence electrons. The number of thioether (sulfide) groups is 1. The number of amides is 1. The van der Waals surface area contributed by atoms with Crippen LogP contribution in [-0.4, -0.2) is 38.2 Å². The molecule has 4 nitrogen and oxygen atoms in total. The highest BCUT2D eigenvalue weighted by Gasteiger charge is 2.36. The van der Waals surface area contributed by atoms with Gasteiger partial charge >= 0.3 is 0 Å². The molecule has 0 saturated heterocycles. The van der Waals surface area contributed by atoms with E-state index in [1.807, 2.05) is 42.1 Å². The molecule has 0 spiro atoms. The first-order chi connectivity index (χ1) is 9.67. The monoisotopic (exact) mass is 296 g/mol. The Morgan fingerprint density at radius 2 is 2.05 bits per heavy atom. The van der Waals surface area contributed by atoms with Gasteiger partial charge in [-0.15, -0.1) is 0 Å². The van der Waals surface area contributed by atoms with Crippen LogP contribution in [0.3, 0.4) is 0 Å². The topological polar surface area (TPSA) is 64.3 Å². The maximum absolute atomic E-state index is 11.9. The van der Waals surface area contributed by atoms with Crippen molar-refractivity contribution in [1.29, 1.82) is 0 Å². The largest absolute Gasteiger partial charge is 0.385 e. The van der Waals surface area contributed by atoms with Crippen molar-refractivity contribution in [1.82, 2.24) is 5.32 Å². The maximum atomic E-state index is 11.9. The van der Waals surface area contributed by atoms with E-state index in [1.165, 1.54) is 0 Å². The summed E-state index contributed by atoms with van der Waals surface area (Å²) in [5.74, 6) is 1.58. The number of carbonyl (C=O) groups excluding carboxylic acids is 1. The number of methoxy groups -OCH3 is 1. The number of hydrogen-bond donors (Lipinski definition) is 2. The molecule has 1 rings (SSSR count). The van der Waals surface area contributed by atoms with E-state index in [-0.39, 0.29) is 5.91 Å². The van der Waals surface area contributed by atoms with Gasteiger partial charge in [-0.25, -0.2) is 0 Å². The Bertz CT molecular complexity index is 400. The van der Waals surface area contributed by atoms with Crippen molar-refractivity contribution in [3.63, 3.8) is 0 Å². The molecule has 3 N–H and O–H groups in total. The predicted molar refractivity (Wildman–Crippen MR) is 84.8 cm³/mol. The Hall–Kier alpha value is -1.04. The van der Waals surface area contributed by atoms with E-state index < -0.39 is 5.54 Å². The molecule has 0 aromatic heterocycles. The average molecular weight is 296 g/mol. The fraction of sp³-hybridized carbons (Fsp3) is 0.533. The lowest BCUT2D eigenvalue weighted by Gasteiger charge is -2.30. The number of nitrogens with two attached hydrogens (primary N) is 1. The molecule has 1 amide bonds. The maximum Gasteiger partial charge on any atom is 0.242 e. The summed E-state index contributed by atoms with van der Waals surface area (Å²) in [6, 6.07) is 9.67. The van der Waals surface area contributed by atoms with Crippen molar-refractivity contribution >= 4 is 17.7 Å². The molecule has 1 unspecified atom stereocenters. The summed E-state index contributed by atoms with van der Waals surface area (Å²) in [5, 5.41) is 3.12. The highest BCUT2D eigenvalue weighted by atomic mass is 32.2. The minimum atomic E-state index is -0.782. The van der Waals surface area contributed by atoms with Gasteiger partial charge in [-0.3, -0.25) is 4.79 Å². The Morgan fingerprint density at radius 1 is 1.35 bits per heavy atom. The van der Waals surface area contributed by atoms with Gasteiger partial charge in [0.2, 0.25) is 5.91 Å². The van der Waals surface area contributed by atoms with Crippen LogP contribution in [0.2, 0.25) is 0 Å². The molecule has 0 aliphatic heterocycles. The quantitative estimate of drug-likeness (QED) is 0.646. The normalized spacial score (nSPS) is 13.9. The van der Waals surface area contributed by atoms with Gasteiger partial charge in [0.05, 0.1) is 0 Å². The molecule has 5 heteroatoms. The first-order valence-electron chi connectivity index (χ1n) is 6.78. The Morgan fingerprint density at radius 3 is 2.60 bits per heavy atom. The van der Waals surface area contributed by atoms with Crippen LogP contribution >= 0.6 is 11.8 Å². The molecule has 0 fully saturated rings. The third kappa shape index (κ3) is 4.51. The van der Waals surface area contributed by atoms with Crippen LogP contribution in [0.1, 0.15) is 18.4 Å². The molecule has 0 bridgehead atoms. The Labute approximate surface area is 125 Å². The summed E-state index contributed by atoms with van der Waals surface area (Å²) in [6.07, 6.45) is 1.70. The predicted octanol–water partition coefficient (Wildman–Crippen LogP) is 1.75. The summed E-state index contributed by atoms with van der Waals surface area (Å²) >= 11 is 1.82. The third-order valence-electron chi connectivity index (χ3n) is 3.37. The molecule has 20 heavy (non-hydrogen) atoms. The van der Waals surface area contributed by atoms with Crippen molar-refractivity contribution < 1.29 is 9.53 Å². The summed E-state index contributed by atoms with van der Waals surface area (Å²) in [6.45, 7) is 0.776. The fourth-order valence-corrected chi connectivity index (χ4v) is 3.13. The summed E-state index contributed by atoms with van der Waals surface area (Å²) in [4.78, 5) is 11.9. The molecule has 1 atom stereocenters. The van der Waals surface area contributed by atoms with Gasteiger partial charge in [0.15, 0.2) is 0 Å². The van der Waals surface area contributed by atoms with Crippen molar-refractivity contribution in [2.75, 3.05) is 32.3 Å². The molecule has 1 aromatic rings. The number of rotatable bonds is 10. The first-order valence-corrected chi connectivity index (χ1v) is 7.94. The van der Waals surface area contributed by atoms with Crippen LogP contribution < -0.4 is 11.1 Å². The Balaban J connectivity index is 2.64. The van der Waals surface area contributed by atoms with Gasteiger partial charge in [-0.05, 0) is 37.0 Å². The van der Waals surface area contributed by atoms with Gasteiger partial charge in [0.25, 0.3) is 0 Å². The molecule has 1 aromatic carbocycles. The minimum absolute atomic E-state index is 0.330. The van der Waals surface area contributed by atoms with E-state index in [9.17, 15) is 4.79 Å². The summed E-state index contributed by atoms with van der Waals surface area (Å²) in [5.41, 5.74) is 5.79. The fourth-order valence-electron chi connectivity index (χ4n) is 2.16. The summed E-state index contributed by atoms with van der Waals surface area (Å²) < 4.78 is 5.02. The molecular formula is C15H24N2O2S. The molecule has 0 heterocycles. The number of hydrogen-bond acceptors (Lipinski definition) is 4. The van der Waals surface area contributed by atoms with Crippen LogP contribution in [0.25, 0.3) is 0 Å². The molecule has 0 saturated carbocycles. The van der Waals surface area contributed by atoms with Gasteiger partial charge in [-0.2, -0.15) is 11.8 Å². The van der Waals surface area contributed by atoms with Crippen molar-refractivity contribution in [3.8, 4) is 0 Å². The average Bonchev–Trinajstić information content (AvgIpc) is 2.47. The van der Waals surface area contributed by atoms with Crippen LogP contribution in [0.15, 0.2) is 30.3 Å². The number of primary amides is 1. The standard InChI is InChI=1S/C15H24N2O2S/c1-17-15(14(16)18,13-7-4-3-5-8-13)9-12-20-11-6-10-19-2/h3-5,7-8,17H,6,9-12H2,1-2H3,(H2,16,18). The summed E-state index contributed by atoms with van der Waals surface area (Å²) in [7, 11) is 3.49. The van der Waals surface area contributed by atoms with E-state index in [4.69, 9.17) is 10.5 Å². The smallest absolute Gasteiger partial charge is 0.242 e. The zero-order valence-electron chi connectivity index (χ0n) is 12.2. The van der Waals surface area contributed by atoms with Crippen LogP contribution in [0, 0.1) is 0 Å². The Kier molecular flexibility index (Phi) is 7.65. The zero-order valence-corrected chi connectivity index (χ0v) is 13.0. The SMILES string of the molecule is CNC(CCSCCCOC)(C(N)=O)c1ccccc1. The molecule has 0 radical (unpaired) electrons. The lowest BCUT2D eigenvalue weighted by atomic mass is 9.86. The van der Waals surface area contributed by atoms with Crippen molar-refractivity contribution in [3.05, 3.63) is 35.9 Å². The van der Waals surface area contributed by atoms with Gasteiger partial charge in [-0.1, -0.05) is 30.3 Å². The van der Waals surface area contributed by atoms with E-state index >= 15 is 0 Å². The number of benzene rings is 1. The lowest BCUT2D eigenvalue weighted by Crippen LogP contribution is -2.51. The number of nitrogens with one attached hydrogen (secondary N) is 1. The van der Waals surface area contributed by atoms with Gasteiger partial charge in [0.1, 0.15) is 5.54 Å². The minimum Gasteiger partial charge on any atom is -0.385 e. The van der Waals surface area contributed by atoms with Gasteiger partial charge in [0, 0.05) is 13.7 Å². The van der Waals surface area contributed by atoms with Gasteiger partial charge < -0.3 is 15.8 Å². The second kappa shape index (κ2) is 9.00. The third-order valence-corrected chi connectivity index (χ3v) is 4.44. The highest BCUT2D eigenvalue weighted by molar-refractivity contribution is 7.99. The van der Waals surface area contributed by atoms with E-state index in [1.54, 1.807) is 14.2 Å². The van der Waals surface area contributed by atoms with Crippen LogP contribution in [-0.2, 0) is 15.1 Å². The number of likely N-dealkylation sites (N-methyl/N-ethyl adjacent to an activating group) is 1.